The van der Waals surface area contributed by atoms with E-state index in [0.717, 1.165) is 18.7 Å². The summed E-state index contributed by atoms with van der Waals surface area (Å²) < 4.78 is 1.73. The first-order valence-electron chi connectivity index (χ1n) is 9.61. The van der Waals surface area contributed by atoms with Crippen LogP contribution in [0.1, 0.15) is 29.7 Å². The Morgan fingerprint density at radius 2 is 1.89 bits per heavy atom. The SMILES string of the molecule is CC(c1ccc(-n2cncn2)cc1)N(C)CC(=O)N1CCc2ccccc2C1. The number of amides is 1. The Morgan fingerprint density at radius 1 is 1.14 bits per heavy atom. The summed E-state index contributed by atoms with van der Waals surface area (Å²) in [5.74, 6) is 0.183. The van der Waals surface area contributed by atoms with Gasteiger partial charge < -0.3 is 4.90 Å². The molecule has 0 spiro atoms. The van der Waals surface area contributed by atoms with Crippen molar-refractivity contribution in [3.63, 3.8) is 0 Å². The number of rotatable bonds is 5. The smallest absolute Gasteiger partial charge is 0.237 e. The van der Waals surface area contributed by atoms with Gasteiger partial charge in [-0.2, -0.15) is 5.10 Å². The lowest BCUT2D eigenvalue weighted by Gasteiger charge is -2.32. The fourth-order valence-corrected chi connectivity index (χ4v) is 3.66. The molecule has 28 heavy (non-hydrogen) atoms. The summed E-state index contributed by atoms with van der Waals surface area (Å²) in [5, 5.41) is 4.15. The van der Waals surface area contributed by atoms with Crippen molar-refractivity contribution in [2.24, 2.45) is 0 Å². The molecule has 1 aromatic heterocycles. The van der Waals surface area contributed by atoms with E-state index in [-0.39, 0.29) is 11.9 Å². The number of likely N-dealkylation sites (N-methyl/N-ethyl adjacent to an activating group) is 1. The molecule has 144 valence electrons. The van der Waals surface area contributed by atoms with Crippen LogP contribution in [0.4, 0.5) is 0 Å². The van der Waals surface area contributed by atoms with Crippen LogP contribution in [-0.2, 0) is 17.8 Å². The molecule has 0 bridgehead atoms. The summed E-state index contributed by atoms with van der Waals surface area (Å²) in [6, 6.07) is 16.8. The molecule has 0 radical (unpaired) electrons. The third kappa shape index (κ3) is 3.82. The number of hydrogen-bond donors (Lipinski definition) is 0. The van der Waals surface area contributed by atoms with Crippen LogP contribution in [0, 0.1) is 0 Å². The molecule has 0 N–H and O–H groups in total. The average molecular weight is 375 g/mol. The zero-order valence-corrected chi connectivity index (χ0v) is 16.3. The Bertz CT molecular complexity index is 936. The third-order valence-corrected chi connectivity index (χ3v) is 5.59. The number of nitrogens with zero attached hydrogens (tertiary/aromatic N) is 5. The number of carbonyl (C=O) groups is 1. The second-order valence-electron chi connectivity index (χ2n) is 7.36. The van der Waals surface area contributed by atoms with E-state index in [0.29, 0.717) is 13.1 Å². The number of aromatic nitrogens is 3. The minimum atomic E-state index is 0.144. The highest BCUT2D eigenvalue weighted by Gasteiger charge is 2.23. The van der Waals surface area contributed by atoms with Crippen molar-refractivity contribution in [3.8, 4) is 5.69 Å². The second kappa shape index (κ2) is 7.94. The van der Waals surface area contributed by atoms with Gasteiger partial charge in [0.25, 0.3) is 0 Å². The second-order valence-corrected chi connectivity index (χ2v) is 7.36. The molecular formula is C22H25N5O. The van der Waals surface area contributed by atoms with E-state index in [4.69, 9.17) is 0 Å². The molecule has 1 atom stereocenters. The van der Waals surface area contributed by atoms with Crippen LogP contribution in [0.15, 0.2) is 61.2 Å². The predicted molar refractivity (Wildman–Crippen MR) is 108 cm³/mol. The van der Waals surface area contributed by atoms with Gasteiger partial charge in [0.05, 0.1) is 12.2 Å². The van der Waals surface area contributed by atoms with Crippen molar-refractivity contribution < 1.29 is 4.79 Å². The molecule has 3 aromatic rings. The molecule has 0 saturated carbocycles. The van der Waals surface area contributed by atoms with E-state index in [1.54, 1.807) is 11.0 Å². The number of benzene rings is 2. The summed E-state index contributed by atoms with van der Waals surface area (Å²) >= 11 is 0. The maximum atomic E-state index is 12.8. The minimum absolute atomic E-state index is 0.144. The van der Waals surface area contributed by atoms with Crippen molar-refractivity contribution in [3.05, 3.63) is 77.9 Å². The van der Waals surface area contributed by atoms with Gasteiger partial charge in [-0.3, -0.25) is 9.69 Å². The van der Waals surface area contributed by atoms with Crippen molar-refractivity contribution in [1.29, 1.82) is 0 Å². The van der Waals surface area contributed by atoms with Gasteiger partial charge in [-0.1, -0.05) is 36.4 Å². The van der Waals surface area contributed by atoms with E-state index >= 15 is 0 Å². The highest BCUT2D eigenvalue weighted by molar-refractivity contribution is 5.78. The molecule has 1 aliphatic heterocycles. The maximum Gasteiger partial charge on any atom is 0.237 e. The monoisotopic (exact) mass is 375 g/mol. The Hall–Kier alpha value is -2.99. The van der Waals surface area contributed by atoms with E-state index in [9.17, 15) is 4.79 Å². The molecule has 0 fully saturated rings. The lowest BCUT2D eigenvalue weighted by Crippen LogP contribution is -2.42. The van der Waals surface area contributed by atoms with Gasteiger partial charge in [0.15, 0.2) is 0 Å². The van der Waals surface area contributed by atoms with Crippen LogP contribution in [0.25, 0.3) is 5.69 Å². The first-order valence-corrected chi connectivity index (χ1v) is 9.61. The summed E-state index contributed by atoms with van der Waals surface area (Å²) in [6.45, 7) is 4.05. The quantitative estimate of drug-likeness (QED) is 0.688. The van der Waals surface area contributed by atoms with Gasteiger partial charge in [-0.15, -0.1) is 0 Å². The Labute approximate surface area is 165 Å². The van der Waals surface area contributed by atoms with Crippen LogP contribution in [0.3, 0.4) is 0 Å². The lowest BCUT2D eigenvalue weighted by molar-refractivity contribution is -0.133. The van der Waals surface area contributed by atoms with E-state index in [2.05, 4.69) is 52.2 Å². The molecule has 1 amide bonds. The minimum Gasteiger partial charge on any atom is -0.337 e. The predicted octanol–water partition coefficient (Wildman–Crippen LogP) is 2.85. The molecule has 6 heteroatoms. The summed E-state index contributed by atoms with van der Waals surface area (Å²) in [7, 11) is 2.01. The first kappa shape index (κ1) is 18.4. The molecule has 0 saturated heterocycles. The Balaban J connectivity index is 1.38. The lowest BCUT2D eigenvalue weighted by atomic mass is 10.00. The van der Waals surface area contributed by atoms with Crippen LogP contribution in [-0.4, -0.2) is 50.6 Å². The van der Waals surface area contributed by atoms with Crippen molar-refractivity contribution in [2.75, 3.05) is 20.1 Å². The zero-order chi connectivity index (χ0) is 19.5. The van der Waals surface area contributed by atoms with Gasteiger partial charge >= 0.3 is 0 Å². The van der Waals surface area contributed by atoms with Crippen molar-refractivity contribution in [2.45, 2.75) is 25.9 Å². The number of hydrogen-bond acceptors (Lipinski definition) is 4. The molecule has 1 aliphatic rings. The highest BCUT2D eigenvalue weighted by atomic mass is 16.2. The van der Waals surface area contributed by atoms with Gasteiger partial charge in [0.2, 0.25) is 5.91 Å². The summed E-state index contributed by atoms with van der Waals surface area (Å²) in [4.78, 5) is 20.9. The molecule has 0 aliphatic carbocycles. The molecule has 2 heterocycles. The summed E-state index contributed by atoms with van der Waals surface area (Å²) in [5.41, 5.74) is 4.77. The number of fused-ring (bicyclic) bond motifs is 1. The fraction of sp³-hybridized carbons (Fsp3) is 0.318. The van der Waals surface area contributed by atoms with Gasteiger partial charge in [-0.05, 0) is 49.2 Å². The fourth-order valence-electron chi connectivity index (χ4n) is 3.66. The Morgan fingerprint density at radius 3 is 2.61 bits per heavy atom. The molecular weight excluding hydrogens is 350 g/mol. The first-order chi connectivity index (χ1) is 13.6. The molecule has 4 rings (SSSR count). The van der Waals surface area contributed by atoms with Crippen LogP contribution >= 0.6 is 0 Å². The Kier molecular flexibility index (Phi) is 5.21. The topological polar surface area (TPSA) is 54.3 Å². The third-order valence-electron chi connectivity index (χ3n) is 5.59. The van der Waals surface area contributed by atoms with Gasteiger partial charge in [0.1, 0.15) is 12.7 Å². The van der Waals surface area contributed by atoms with Crippen molar-refractivity contribution in [1.82, 2.24) is 24.6 Å². The standard InChI is InChI=1S/C22H25N5O/c1-17(18-7-9-21(10-8-18)27-16-23-15-24-27)25(2)14-22(28)26-12-11-19-5-3-4-6-20(19)13-26/h3-10,15-17H,11-14H2,1-2H3. The normalized spacial score (nSPS) is 14.8. The molecule has 6 nitrogen and oxygen atoms in total. The van der Waals surface area contributed by atoms with E-state index in [1.807, 2.05) is 30.1 Å². The van der Waals surface area contributed by atoms with Crippen LogP contribution in [0.2, 0.25) is 0 Å². The van der Waals surface area contributed by atoms with E-state index in [1.165, 1.54) is 23.0 Å². The van der Waals surface area contributed by atoms with E-state index < -0.39 is 0 Å². The highest BCUT2D eigenvalue weighted by Crippen LogP contribution is 2.22. The maximum absolute atomic E-state index is 12.8. The summed E-state index contributed by atoms with van der Waals surface area (Å²) in [6.07, 6.45) is 4.14. The van der Waals surface area contributed by atoms with Gasteiger partial charge in [0, 0.05) is 19.1 Å². The van der Waals surface area contributed by atoms with Crippen LogP contribution < -0.4 is 0 Å². The average Bonchev–Trinajstić information content (AvgIpc) is 3.28. The van der Waals surface area contributed by atoms with Crippen molar-refractivity contribution >= 4 is 5.91 Å². The van der Waals surface area contributed by atoms with Crippen LogP contribution in [0.5, 0.6) is 0 Å². The molecule has 2 aromatic carbocycles. The number of carbonyl (C=O) groups excluding carboxylic acids is 1. The zero-order valence-electron chi connectivity index (χ0n) is 16.3. The largest absolute Gasteiger partial charge is 0.337 e. The molecule has 1 unspecified atom stereocenters. The van der Waals surface area contributed by atoms with Gasteiger partial charge in [-0.25, -0.2) is 9.67 Å².